The fourth-order valence-corrected chi connectivity index (χ4v) is 1.87. The van der Waals surface area contributed by atoms with Crippen molar-refractivity contribution < 1.29 is 9.53 Å². The number of methoxy groups -OCH3 is 1. The smallest absolute Gasteiger partial charge is 0.250 e. The van der Waals surface area contributed by atoms with Gasteiger partial charge >= 0.3 is 0 Å². The average molecular weight is 271 g/mol. The van der Waals surface area contributed by atoms with Gasteiger partial charge in [0.25, 0.3) is 0 Å². The molecule has 100 valence electrons. The van der Waals surface area contributed by atoms with Crippen LogP contribution in [0.2, 0.25) is 5.02 Å². The molecular weight excluding hydrogens is 252 g/mol. The number of primary amides is 1. The summed E-state index contributed by atoms with van der Waals surface area (Å²) in [5, 5.41) is 3.68. The largest absolute Gasteiger partial charge is 0.383 e. The number of hydrogen-bond donors (Lipinski definition) is 2. The first-order chi connectivity index (χ1) is 8.45. The molecule has 0 fully saturated rings. The van der Waals surface area contributed by atoms with Crippen molar-refractivity contribution in [2.75, 3.05) is 19.0 Å². The van der Waals surface area contributed by atoms with Crippen molar-refractivity contribution in [3.8, 4) is 0 Å². The summed E-state index contributed by atoms with van der Waals surface area (Å²) in [6.07, 6.45) is 0. The first-order valence-electron chi connectivity index (χ1n) is 5.80. The van der Waals surface area contributed by atoms with Crippen LogP contribution in [0.5, 0.6) is 0 Å². The predicted octanol–water partition coefficient (Wildman–Crippen LogP) is 2.52. The summed E-state index contributed by atoms with van der Waals surface area (Å²) in [7, 11) is 1.67. The van der Waals surface area contributed by atoms with E-state index in [9.17, 15) is 4.79 Å². The van der Waals surface area contributed by atoms with E-state index >= 15 is 0 Å². The Morgan fingerprint density at radius 2 is 2.17 bits per heavy atom. The van der Waals surface area contributed by atoms with E-state index in [1.54, 1.807) is 25.3 Å². The Morgan fingerprint density at radius 1 is 1.50 bits per heavy atom. The molecule has 1 unspecified atom stereocenters. The second-order valence-corrected chi connectivity index (χ2v) is 4.92. The van der Waals surface area contributed by atoms with Gasteiger partial charge in [-0.1, -0.05) is 25.4 Å². The van der Waals surface area contributed by atoms with E-state index in [2.05, 4.69) is 19.2 Å². The zero-order valence-corrected chi connectivity index (χ0v) is 11.6. The molecule has 3 N–H and O–H groups in total. The molecule has 1 aromatic carbocycles. The molecule has 1 rings (SSSR count). The van der Waals surface area contributed by atoms with E-state index in [0.29, 0.717) is 23.1 Å². The molecule has 5 heteroatoms. The highest BCUT2D eigenvalue weighted by Gasteiger charge is 2.14. The number of rotatable bonds is 6. The van der Waals surface area contributed by atoms with Gasteiger partial charge in [0, 0.05) is 12.8 Å². The van der Waals surface area contributed by atoms with Gasteiger partial charge in [-0.3, -0.25) is 4.79 Å². The zero-order valence-electron chi connectivity index (χ0n) is 10.9. The van der Waals surface area contributed by atoms with Gasteiger partial charge in [0.15, 0.2) is 0 Å². The molecule has 0 spiro atoms. The Bertz CT molecular complexity index is 421. The molecule has 4 nitrogen and oxygen atoms in total. The molecule has 0 aromatic heterocycles. The van der Waals surface area contributed by atoms with Gasteiger partial charge in [-0.15, -0.1) is 0 Å². The minimum atomic E-state index is -0.524. The third-order valence-electron chi connectivity index (χ3n) is 2.74. The summed E-state index contributed by atoms with van der Waals surface area (Å²) < 4.78 is 5.16. The third-order valence-corrected chi connectivity index (χ3v) is 3.05. The Morgan fingerprint density at radius 3 is 2.61 bits per heavy atom. The molecule has 0 aliphatic heterocycles. The van der Waals surface area contributed by atoms with E-state index in [0.717, 1.165) is 5.69 Å². The van der Waals surface area contributed by atoms with Crippen LogP contribution < -0.4 is 11.1 Å². The Balaban J connectivity index is 2.84. The van der Waals surface area contributed by atoms with Gasteiger partial charge < -0.3 is 15.8 Å². The normalized spacial score (nSPS) is 12.5. The summed E-state index contributed by atoms with van der Waals surface area (Å²) in [5.41, 5.74) is 6.37. The maximum Gasteiger partial charge on any atom is 0.250 e. The zero-order chi connectivity index (χ0) is 13.7. The topological polar surface area (TPSA) is 64.3 Å². The van der Waals surface area contributed by atoms with Crippen molar-refractivity contribution in [1.82, 2.24) is 0 Å². The van der Waals surface area contributed by atoms with E-state index in [1.165, 1.54) is 0 Å². The van der Waals surface area contributed by atoms with Gasteiger partial charge in [-0.05, 0) is 24.1 Å². The summed E-state index contributed by atoms with van der Waals surface area (Å²) >= 11 is 5.99. The molecule has 0 bridgehead atoms. The SMILES string of the molecule is COCC(Nc1ccc(C(N)=O)c(Cl)c1)C(C)C. The van der Waals surface area contributed by atoms with Crippen LogP contribution in [0.3, 0.4) is 0 Å². The quantitative estimate of drug-likeness (QED) is 0.835. The number of hydrogen-bond acceptors (Lipinski definition) is 3. The van der Waals surface area contributed by atoms with Crippen molar-refractivity contribution in [1.29, 1.82) is 0 Å². The Hall–Kier alpha value is -1.26. The molecular formula is C13H19ClN2O2. The summed E-state index contributed by atoms with van der Waals surface area (Å²) in [5.74, 6) is -0.108. The number of benzene rings is 1. The fourth-order valence-electron chi connectivity index (χ4n) is 1.60. The highest BCUT2D eigenvalue weighted by atomic mass is 35.5. The third kappa shape index (κ3) is 3.89. The van der Waals surface area contributed by atoms with Crippen LogP contribution >= 0.6 is 11.6 Å². The van der Waals surface area contributed by atoms with E-state index in [-0.39, 0.29) is 6.04 Å². The number of carbonyl (C=O) groups excluding carboxylic acids is 1. The van der Waals surface area contributed by atoms with Crippen molar-refractivity contribution in [2.24, 2.45) is 11.7 Å². The Kier molecular flexibility index (Phi) is 5.44. The van der Waals surface area contributed by atoms with Gasteiger partial charge in [-0.2, -0.15) is 0 Å². The highest BCUT2D eigenvalue weighted by molar-refractivity contribution is 6.34. The molecule has 1 amide bonds. The lowest BCUT2D eigenvalue weighted by atomic mass is 10.0. The van der Waals surface area contributed by atoms with Crippen molar-refractivity contribution in [3.63, 3.8) is 0 Å². The maximum absolute atomic E-state index is 11.1. The number of carbonyl (C=O) groups is 1. The first kappa shape index (κ1) is 14.8. The average Bonchev–Trinajstić information content (AvgIpc) is 2.27. The summed E-state index contributed by atoms with van der Waals surface area (Å²) in [6.45, 7) is 4.82. The number of anilines is 1. The fraction of sp³-hybridized carbons (Fsp3) is 0.462. The summed E-state index contributed by atoms with van der Waals surface area (Å²) in [6, 6.07) is 5.30. The predicted molar refractivity (Wildman–Crippen MR) is 74.1 cm³/mol. The van der Waals surface area contributed by atoms with Crippen molar-refractivity contribution in [2.45, 2.75) is 19.9 Å². The number of halogens is 1. The lowest BCUT2D eigenvalue weighted by Crippen LogP contribution is -2.30. The molecule has 0 aliphatic rings. The minimum absolute atomic E-state index is 0.186. The lowest BCUT2D eigenvalue weighted by molar-refractivity contribution is 0.100. The van der Waals surface area contributed by atoms with Crippen LogP contribution in [0, 0.1) is 5.92 Å². The molecule has 0 saturated heterocycles. The second kappa shape index (κ2) is 6.61. The molecule has 0 aliphatic carbocycles. The molecule has 0 heterocycles. The van der Waals surface area contributed by atoms with Crippen molar-refractivity contribution in [3.05, 3.63) is 28.8 Å². The molecule has 1 atom stereocenters. The van der Waals surface area contributed by atoms with Crippen LogP contribution in [0.1, 0.15) is 24.2 Å². The van der Waals surface area contributed by atoms with E-state index < -0.39 is 5.91 Å². The number of amides is 1. The molecule has 0 radical (unpaired) electrons. The Labute approximate surface area is 112 Å². The molecule has 0 saturated carbocycles. The van der Waals surface area contributed by atoms with E-state index in [1.807, 2.05) is 0 Å². The molecule has 18 heavy (non-hydrogen) atoms. The standard InChI is InChI=1S/C13H19ClN2O2/c1-8(2)12(7-18-3)16-9-4-5-10(13(15)17)11(14)6-9/h4-6,8,12,16H,7H2,1-3H3,(H2,15,17). The van der Waals surface area contributed by atoms with Gasteiger partial charge in [0.05, 0.1) is 23.2 Å². The molecule has 1 aromatic rings. The summed E-state index contributed by atoms with van der Waals surface area (Å²) in [4.78, 5) is 11.1. The number of nitrogens with one attached hydrogen (secondary N) is 1. The van der Waals surface area contributed by atoms with Crippen LogP contribution in [-0.4, -0.2) is 25.7 Å². The van der Waals surface area contributed by atoms with Crippen molar-refractivity contribution >= 4 is 23.2 Å². The van der Waals surface area contributed by atoms with Gasteiger partial charge in [-0.25, -0.2) is 0 Å². The van der Waals surface area contributed by atoms with Gasteiger partial charge in [0.2, 0.25) is 5.91 Å². The minimum Gasteiger partial charge on any atom is -0.383 e. The number of nitrogens with two attached hydrogens (primary N) is 1. The van der Waals surface area contributed by atoms with Crippen LogP contribution in [0.4, 0.5) is 5.69 Å². The van der Waals surface area contributed by atoms with Crippen LogP contribution in [0.25, 0.3) is 0 Å². The number of ether oxygens (including phenoxy) is 1. The first-order valence-corrected chi connectivity index (χ1v) is 6.18. The van der Waals surface area contributed by atoms with Crippen LogP contribution in [0.15, 0.2) is 18.2 Å². The lowest BCUT2D eigenvalue weighted by Gasteiger charge is -2.23. The second-order valence-electron chi connectivity index (χ2n) is 4.51. The highest BCUT2D eigenvalue weighted by Crippen LogP contribution is 2.22. The monoisotopic (exact) mass is 270 g/mol. The van der Waals surface area contributed by atoms with Gasteiger partial charge in [0.1, 0.15) is 0 Å². The maximum atomic E-state index is 11.1. The van der Waals surface area contributed by atoms with E-state index in [4.69, 9.17) is 22.1 Å². The van der Waals surface area contributed by atoms with Crippen LogP contribution in [-0.2, 0) is 4.74 Å².